The zero-order chi connectivity index (χ0) is 11.1. The third-order valence-corrected chi connectivity index (χ3v) is 1.56. The van der Waals surface area contributed by atoms with Crippen LogP contribution in [0.2, 0.25) is 0 Å². The fourth-order valence-electron chi connectivity index (χ4n) is 0.927. The number of nitrogens with zero attached hydrogens (tertiary/aromatic N) is 1. The molecular formula is C11H11FN2O. The van der Waals surface area contributed by atoms with Gasteiger partial charge in [-0.05, 0) is 12.0 Å². The number of nitrogens with one attached hydrogen (secondary N) is 1. The molecule has 78 valence electrons. The van der Waals surface area contributed by atoms with Crippen LogP contribution in [0, 0.1) is 17.7 Å². The predicted octanol–water partition coefficient (Wildman–Crippen LogP) is 1.10. The Labute approximate surface area is 87.7 Å². The minimum absolute atomic E-state index is 0.0827. The molecule has 0 aliphatic rings. The van der Waals surface area contributed by atoms with Gasteiger partial charge in [0.15, 0.2) is 0 Å². The molecule has 1 N–H and O–H groups in total. The topological polar surface area (TPSA) is 42.0 Å². The van der Waals surface area contributed by atoms with Gasteiger partial charge in [-0.1, -0.05) is 5.92 Å². The highest BCUT2D eigenvalue weighted by atomic mass is 19.1. The van der Waals surface area contributed by atoms with Crippen LogP contribution in [0.15, 0.2) is 18.3 Å². The van der Waals surface area contributed by atoms with E-state index in [1.165, 1.54) is 25.3 Å². The molecule has 1 rings (SSSR count). The minimum Gasteiger partial charge on any atom is -0.355 e. The predicted molar refractivity (Wildman–Crippen MR) is 54.4 cm³/mol. The first-order chi connectivity index (χ1) is 7.18. The van der Waals surface area contributed by atoms with Gasteiger partial charge < -0.3 is 5.32 Å². The molecule has 3 nitrogen and oxygen atoms in total. The summed E-state index contributed by atoms with van der Waals surface area (Å²) in [6.07, 6.45) is 1.89. The van der Waals surface area contributed by atoms with Crippen LogP contribution < -0.4 is 5.32 Å². The van der Waals surface area contributed by atoms with E-state index in [9.17, 15) is 9.18 Å². The normalized spacial score (nSPS) is 8.93. The molecular weight excluding hydrogens is 195 g/mol. The van der Waals surface area contributed by atoms with Crippen LogP contribution in [0.5, 0.6) is 0 Å². The van der Waals surface area contributed by atoms with E-state index < -0.39 is 0 Å². The minimum atomic E-state index is -0.351. The maximum atomic E-state index is 12.7. The summed E-state index contributed by atoms with van der Waals surface area (Å²) in [4.78, 5) is 14.4. The van der Waals surface area contributed by atoms with Gasteiger partial charge in [-0.2, -0.15) is 0 Å². The van der Waals surface area contributed by atoms with E-state index in [1.54, 1.807) is 0 Å². The van der Waals surface area contributed by atoms with Crippen LogP contribution in [0.4, 0.5) is 4.39 Å². The van der Waals surface area contributed by atoms with E-state index in [0.29, 0.717) is 18.7 Å². The number of amides is 1. The zero-order valence-corrected chi connectivity index (χ0v) is 8.38. The Bertz CT molecular complexity index is 407. The molecule has 0 saturated heterocycles. The molecule has 0 aliphatic carbocycles. The lowest BCUT2D eigenvalue weighted by Gasteiger charge is -1.94. The van der Waals surface area contributed by atoms with Crippen molar-refractivity contribution in [1.82, 2.24) is 10.3 Å². The van der Waals surface area contributed by atoms with Crippen molar-refractivity contribution in [1.29, 1.82) is 0 Å². The second kappa shape index (κ2) is 5.76. The number of halogens is 1. The van der Waals surface area contributed by atoms with Crippen molar-refractivity contribution in [2.45, 2.75) is 13.3 Å². The molecule has 1 aromatic rings. The van der Waals surface area contributed by atoms with Gasteiger partial charge in [-0.15, -0.1) is 0 Å². The molecule has 0 radical (unpaired) electrons. The highest BCUT2D eigenvalue weighted by Gasteiger charge is 1.91. The van der Waals surface area contributed by atoms with Crippen LogP contribution in [-0.2, 0) is 4.79 Å². The number of pyridine rings is 1. The van der Waals surface area contributed by atoms with Gasteiger partial charge in [-0.3, -0.25) is 4.79 Å². The molecule has 0 saturated carbocycles. The highest BCUT2D eigenvalue weighted by molar-refractivity contribution is 5.72. The molecule has 0 aliphatic heterocycles. The van der Waals surface area contributed by atoms with Crippen molar-refractivity contribution >= 4 is 5.91 Å². The van der Waals surface area contributed by atoms with Crippen LogP contribution in [0.25, 0.3) is 0 Å². The number of rotatable bonds is 2. The maximum absolute atomic E-state index is 12.7. The molecule has 4 heteroatoms. The largest absolute Gasteiger partial charge is 0.355 e. The van der Waals surface area contributed by atoms with Gasteiger partial charge in [0.1, 0.15) is 11.5 Å². The van der Waals surface area contributed by atoms with Crippen molar-refractivity contribution in [3.8, 4) is 11.8 Å². The highest BCUT2D eigenvalue weighted by Crippen LogP contribution is 1.97. The van der Waals surface area contributed by atoms with Crippen molar-refractivity contribution in [3.63, 3.8) is 0 Å². The fourth-order valence-corrected chi connectivity index (χ4v) is 0.927. The Morgan fingerprint density at radius 3 is 3.13 bits per heavy atom. The van der Waals surface area contributed by atoms with Crippen LogP contribution in [0.1, 0.15) is 19.0 Å². The Morgan fingerprint density at radius 1 is 1.67 bits per heavy atom. The third kappa shape index (κ3) is 4.77. The lowest BCUT2D eigenvalue weighted by Crippen LogP contribution is -2.20. The molecule has 0 spiro atoms. The van der Waals surface area contributed by atoms with Crippen molar-refractivity contribution < 1.29 is 9.18 Å². The molecule has 0 aromatic carbocycles. The van der Waals surface area contributed by atoms with E-state index in [1.807, 2.05) is 0 Å². The van der Waals surface area contributed by atoms with E-state index in [-0.39, 0.29) is 11.7 Å². The summed E-state index contributed by atoms with van der Waals surface area (Å²) in [6, 6.07) is 2.54. The zero-order valence-electron chi connectivity index (χ0n) is 8.38. The Balaban J connectivity index is 2.41. The monoisotopic (exact) mass is 206 g/mol. The summed E-state index contributed by atoms with van der Waals surface area (Å²) >= 11 is 0. The van der Waals surface area contributed by atoms with Crippen molar-refractivity contribution in [2.24, 2.45) is 0 Å². The standard InChI is InChI=1S/C11H11FN2O/c1-9(15)13-6-3-2-4-11-8-10(12)5-7-14-11/h5,7-8H,3,6H2,1H3,(H,13,15). The summed E-state index contributed by atoms with van der Waals surface area (Å²) in [7, 11) is 0. The average Bonchev–Trinajstić information content (AvgIpc) is 2.17. The van der Waals surface area contributed by atoms with Crippen molar-refractivity contribution in [2.75, 3.05) is 6.54 Å². The Hall–Kier alpha value is -1.89. The average molecular weight is 206 g/mol. The van der Waals surface area contributed by atoms with Crippen molar-refractivity contribution in [3.05, 3.63) is 29.8 Å². The van der Waals surface area contributed by atoms with E-state index in [4.69, 9.17) is 0 Å². The van der Waals surface area contributed by atoms with Gasteiger partial charge >= 0.3 is 0 Å². The molecule has 1 aromatic heterocycles. The van der Waals surface area contributed by atoms with Gasteiger partial charge in [0.25, 0.3) is 0 Å². The summed E-state index contributed by atoms with van der Waals surface area (Å²) in [5.74, 6) is 5.06. The number of aromatic nitrogens is 1. The smallest absolute Gasteiger partial charge is 0.216 e. The number of carbonyl (C=O) groups excluding carboxylic acids is 1. The van der Waals surface area contributed by atoms with E-state index in [0.717, 1.165) is 0 Å². The number of carbonyl (C=O) groups is 1. The first-order valence-electron chi connectivity index (χ1n) is 4.53. The summed E-state index contributed by atoms with van der Waals surface area (Å²) < 4.78 is 12.7. The summed E-state index contributed by atoms with van der Waals surface area (Å²) in [6.45, 7) is 1.94. The second-order valence-electron chi connectivity index (χ2n) is 2.89. The molecule has 0 unspecified atom stereocenters. The van der Waals surface area contributed by atoms with Crippen LogP contribution in [0.3, 0.4) is 0 Å². The summed E-state index contributed by atoms with van der Waals surface area (Å²) in [5.41, 5.74) is 0.401. The Kier molecular flexibility index (Phi) is 4.30. The number of hydrogen-bond acceptors (Lipinski definition) is 2. The lowest BCUT2D eigenvalue weighted by molar-refractivity contribution is -0.118. The first kappa shape index (κ1) is 11.2. The van der Waals surface area contributed by atoms with Crippen LogP contribution in [-0.4, -0.2) is 17.4 Å². The fraction of sp³-hybridized carbons (Fsp3) is 0.273. The van der Waals surface area contributed by atoms with Gasteiger partial charge in [-0.25, -0.2) is 9.37 Å². The molecule has 0 atom stereocenters. The maximum Gasteiger partial charge on any atom is 0.216 e. The summed E-state index contributed by atoms with van der Waals surface area (Å²) in [5, 5.41) is 2.61. The van der Waals surface area contributed by atoms with Gasteiger partial charge in [0, 0.05) is 32.2 Å². The van der Waals surface area contributed by atoms with Gasteiger partial charge in [0.05, 0.1) is 0 Å². The lowest BCUT2D eigenvalue weighted by atomic mass is 10.3. The molecule has 1 heterocycles. The third-order valence-electron chi connectivity index (χ3n) is 1.56. The van der Waals surface area contributed by atoms with Gasteiger partial charge in [0.2, 0.25) is 5.91 Å². The molecule has 0 bridgehead atoms. The Morgan fingerprint density at radius 2 is 2.47 bits per heavy atom. The quantitative estimate of drug-likeness (QED) is 0.581. The second-order valence-corrected chi connectivity index (χ2v) is 2.89. The molecule has 15 heavy (non-hydrogen) atoms. The van der Waals surface area contributed by atoms with E-state index >= 15 is 0 Å². The SMILES string of the molecule is CC(=O)NCCC#Cc1cc(F)ccn1. The molecule has 0 fully saturated rings. The van der Waals surface area contributed by atoms with Crippen LogP contribution >= 0.6 is 0 Å². The van der Waals surface area contributed by atoms with E-state index in [2.05, 4.69) is 22.1 Å². The first-order valence-corrected chi connectivity index (χ1v) is 4.53. The number of hydrogen-bond donors (Lipinski definition) is 1. The molecule has 1 amide bonds.